The Hall–Kier alpha value is -2.29. The number of anilines is 1. The Morgan fingerprint density at radius 2 is 2.05 bits per heavy atom. The van der Waals surface area contributed by atoms with Crippen LogP contribution in [0.3, 0.4) is 0 Å². The Morgan fingerprint density at radius 3 is 2.90 bits per heavy atom. The van der Waals surface area contributed by atoms with Crippen LogP contribution in [0.2, 0.25) is 0 Å². The van der Waals surface area contributed by atoms with Crippen molar-refractivity contribution in [3.63, 3.8) is 0 Å². The van der Waals surface area contributed by atoms with E-state index in [1.54, 1.807) is 0 Å². The summed E-state index contributed by atoms with van der Waals surface area (Å²) in [5, 5.41) is 2.96. The second-order valence-electron chi connectivity index (χ2n) is 5.18. The summed E-state index contributed by atoms with van der Waals surface area (Å²) in [7, 11) is 0. The van der Waals surface area contributed by atoms with E-state index in [9.17, 15) is 4.79 Å². The Kier molecular flexibility index (Phi) is 3.42. The Balaban J connectivity index is 1.70. The van der Waals surface area contributed by atoms with Gasteiger partial charge in [0.25, 0.3) is 0 Å². The summed E-state index contributed by atoms with van der Waals surface area (Å²) in [5.41, 5.74) is 3.07. The van der Waals surface area contributed by atoms with E-state index >= 15 is 0 Å². The van der Waals surface area contributed by atoms with Gasteiger partial charge >= 0.3 is 0 Å². The second-order valence-corrected chi connectivity index (χ2v) is 5.18. The van der Waals surface area contributed by atoms with Gasteiger partial charge in [-0.15, -0.1) is 0 Å². The number of carbonyl (C=O) groups is 1. The minimum absolute atomic E-state index is 0.0186. The maximum absolute atomic E-state index is 12.3. The fraction of sp³-hybridized carbons (Fsp3) is 0.235. The molecule has 1 aliphatic heterocycles. The summed E-state index contributed by atoms with van der Waals surface area (Å²) in [5.74, 6) is 0.780. The first kappa shape index (κ1) is 12.7. The molecule has 0 unspecified atom stereocenters. The molecule has 3 nitrogen and oxygen atoms in total. The lowest BCUT2D eigenvalue weighted by Gasteiger charge is -2.24. The molecule has 0 radical (unpaired) electrons. The molecular formula is C17H17NO2. The molecule has 3 heteroatoms. The summed E-state index contributed by atoms with van der Waals surface area (Å²) in [6.45, 7) is 2.45. The van der Waals surface area contributed by atoms with Gasteiger partial charge in [-0.05, 0) is 42.7 Å². The number of amides is 1. The number of ether oxygens (including phenoxy) is 1. The lowest BCUT2D eigenvalue weighted by Crippen LogP contribution is -2.32. The lowest BCUT2D eigenvalue weighted by molar-refractivity contribution is -0.121. The highest BCUT2D eigenvalue weighted by Crippen LogP contribution is 2.27. The lowest BCUT2D eigenvalue weighted by atomic mass is 9.96. The Labute approximate surface area is 118 Å². The van der Waals surface area contributed by atoms with Crippen LogP contribution in [0.4, 0.5) is 5.69 Å². The maximum atomic E-state index is 12.3. The molecule has 102 valence electrons. The number of carbonyl (C=O) groups excluding carboxylic acids is 1. The SMILES string of the molecule is Cc1cccc(NC(=O)[C@@H]2COc3ccccc3C2)c1. The summed E-state index contributed by atoms with van der Waals surface area (Å²) in [6.07, 6.45) is 0.730. The van der Waals surface area contributed by atoms with Crippen LogP contribution < -0.4 is 10.1 Å². The molecular weight excluding hydrogens is 250 g/mol. The van der Waals surface area contributed by atoms with Crippen molar-refractivity contribution in [2.45, 2.75) is 13.3 Å². The molecule has 1 amide bonds. The van der Waals surface area contributed by atoms with Crippen molar-refractivity contribution in [3.05, 3.63) is 59.7 Å². The van der Waals surface area contributed by atoms with Crippen LogP contribution >= 0.6 is 0 Å². The molecule has 0 bridgehead atoms. The van der Waals surface area contributed by atoms with Crippen LogP contribution in [0.25, 0.3) is 0 Å². The molecule has 3 rings (SSSR count). The number of aryl methyl sites for hydroxylation is 1. The van der Waals surface area contributed by atoms with E-state index in [4.69, 9.17) is 4.74 Å². The topological polar surface area (TPSA) is 38.3 Å². The monoisotopic (exact) mass is 267 g/mol. The zero-order chi connectivity index (χ0) is 13.9. The van der Waals surface area contributed by atoms with Gasteiger partial charge < -0.3 is 10.1 Å². The standard InChI is InChI=1S/C17H17NO2/c1-12-5-4-7-15(9-12)18-17(19)14-10-13-6-2-3-8-16(13)20-11-14/h2-9,14H,10-11H2,1H3,(H,18,19)/t14-/m0/s1. The molecule has 1 heterocycles. The molecule has 0 fully saturated rings. The Morgan fingerprint density at radius 1 is 1.20 bits per heavy atom. The molecule has 0 saturated heterocycles. The molecule has 20 heavy (non-hydrogen) atoms. The number of hydrogen-bond donors (Lipinski definition) is 1. The molecule has 1 atom stereocenters. The molecule has 1 N–H and O–H groups in total. The van der Waals surface area contributed by atoms with Gasteiger partial charge in [-0.2, -0.15) is 0 Å². The van der Waals surface area contributed by atoms with Crippen molar-refractivity contribution < 1.29 is 9.53 Å². The summed E-state index contributed by atoms with van der Waals surface area (Å²) >= 11 is 0. The van der Waals surface area contributed by atoms with Crippen LogP contribution in [0.1, 0.15) is 11.1 Å². The molecule has 0 aromatic heterocycles. The minimum Gasteiger partial charge on any atom is -0.492 e. The predicted molar refractivity (Wildman–Crippen MR) is 78.9 cm³/mol. The van der Waals surface area contributed by atoms with E-state index < -0.39 is 0 Å². The van der Waals surface area contributed by atoms with Gasteiger partial charge in [-0.3, -0.25) is 4.79 Å². The summed E-state index contributed by atoms with van der Waals surface area (Å²) in [6, 6.07) is 15.7. The molecule has 2 aromatic carbocycles. The van der Waals surface area contributed by atoms with E-state index in [1.165, 1.54) is 0 Å². The molecule has 1 aliphatic rings. The quantitative estimate of drug-likeness (QED) is 0.907. The first-order valence-electron chi connectivity index (χ1n) is 6.80. The zero-order valence-corrected chi connectivity index (χ0v) is 11.4. The number of hydrogen-bond acceptors (Lipinski definition) is 2. The fourth-order valence-electron chi connectivity index (χ4n) is 2.46. The maximum Gasteiger partial charge on any atom is 0.231 e. The van der Waals surface area contributed by atoms with Crippen molar-refractivity contribution in [2.24, 2.45) is 5.92 Å². The van der Waals surface area contributed by atoms with Crippen molar-refractivity contribution in [3.8, 4) is 5.75 Å². The fourth-order valence-corrected chi connectivity index (χ4v) is 2.46. The second kappa shape index (κ2) is 5.37. The van der Waals surface area contributed by atoms with Gasteiger partial charge in [0.2, 0.25) is 5.91 Å². The average Bonchev–Trinajstić information content (AvgIpc) is 2.47. The highest BCUT2D eigenvalue weighted by Gasteiger charge is 2.25. The highest BCUT2D eigenvalue weighted by atomic mass is 16.5. The van der Waals surface area contributed by atoms with Gasteiger partial charge in [0.15, 0.2) is 0 Å². The predicted octanol–water partition coefficient (Wildman–Crippen LogP) is 3.18. The van der Waals surface area contributed by atoms with E-state index in [0.717, 1.165) is 29.0 Å². The van der Waals surface area contributed by atoms with Crippen molar-refractivity contribution in [1.29, 1.82) is 0 Å². The molecule has 0 aliphatic carbocycles. The summed E-state index contributed by atoms with van der Waals surface area (Å²) < 4.78 is 5.66. The molecule has 0 spiro atoms. The van der Waals surface area contributed by atoms with Crippen molar-refractivity contribution in [1.82, 2.24) is 0 Å². The van der Waals surface area contributed by atoms with E-state index in [0.29, 0.717) is 6.61 Å². The largest absolute Gasteiger partial charge is 0.492 e. The van der Waals surface area contributed by atoms with Gasteiger partial charge in [0.1, 0.15) is 12.4 Å². The van der Waals surface area contributed by atoms with E-state index in [2.05, 4.69) is 5.32 Å². The van der Waals surface area contributed by atoms with Crippen LogP contribution in [-0.2, 0) is 11.2 Å². The number of fused-ring (bicyclic) bond motifs is 1. The number of nitrogens with one attached hydrogen (secondary N) is 1. The normalized spacial score (nSPS) is 16.9. The third kappa shape index (κ3) is 2.67. The number of rotatable bonds is 2. The number of benzene rings is 2. The smallest absolute Gasteiger partial charge is 0.231 e. The Bertz CT molecular complexity index is 636. The van der Waals surface area contributed by atoms with Crippen molar-refractivity contribution >= 4 is 11.6 Å². The summed E-state index contributed by atoms with van der Waals surface area (Å²) in [4.78, 5) is 12.3. The van der Waals surface area contributed by atoms with Gasteiger partial charge in [-0.25, -0.2) is 0 Å². The third-order valence-electron chi connectivity index (χ3n) is 3.54. The zero-order valence-electron chi connectivity index (χ0n) is 11.4. The van der Waals surface area contributed by atoms with Gasteiger partial charge in [-0.1, -0.05) is 30.3 Å². The van der Waals surface area contributed by atoms with Gasteiger partial charge in [0.05, 0.1) is 5.92 Å². The van der Waals surface area contributed by atoms with E-state index in [-0.39, 0.29) is 11.8 Å². The van der Waals surface area contributed by atoms with Crippen LogP contribution in [0.15, 0.2) is 48.5 Å². The first-order valence-corrected chi connectivity index (χ1v) is 6.80. The number of para-hydroxylation sites is 1. The minimum atomic E-state index is -0.134. The third-order valence-corrected chi connectivity index (χ3v) is 3.54. The first-order chi connectivity index (χ1) is 9.72. The van der Waals surface area contributed by atoms with Crippen molar-refractivity contribution in [2.75, 3.05) is 11.9 Å². The van der Waals surface area contributed by atoms with Crippen LogP contribution in [-0.4, -0.2) is 12.5 Å². The highest BCUT2D eigenvalue weighted by molar-refractivity contribution is 5.93. The molecule has 0 saturated carbocycles. The average molecular weight is 267 g/mol. The van der Waals surface area contributed by atoms with E-state index in [1.807, 2.05) is 55.5 Å². The van der Waals surface area contributed by atoms with Crippen LogP contribution in [0.5, 0.6) is 5.75 Å². The van der Waals surface area contributed by atoms with Gasteiger partial charge in [0, 0.05) is 5.69 Å². The molecule has 2 aromatic rings. The van der Waals surface area contributed by atoms with Crippen LogP contribution in [0, 0.1) is 12.8 Å².